The maximum atomic E-state index is 4.31. The first-order valence-corrected chi connectivity index (χ1v) is 6.01. The predicted octanol–water partition coefficient (Wildman–Crippen LogP) is 1.64. The normalized spacial score (nSPS) is 10.6. The molecule has 16 heavy (non-hydrogen) atoms. The van der Waals surface area contributed by atoms with Gasteiger partial charge in [-0.05, 0) is 43.0 Å². The van der Waals surface area contributed by atoms with E-state index in [1.54, 1.807) is 13.2 Å². The maximum absolute atomic E-state index is 4.31. The largest absolute Gasteiger partial charge is 0.369 e. The number of nitrogens with one attached hydrogen (secondary N) is 2. The zero-order valence-corrected chi connectivity index (χ0v) is 11.5. The highest BCUT2D eigenvalue weighted by atomic mass is 79.9. The van der Waals surface area contributed by atoms with Gasteiger partial charge in [0.2, 0.25) is 5.95 Å². The number of hydrogen-bond acceptors (Lipinski definition) is 5. The van der Waals surface area contributed by atoms with Crippen LogP contribution in [0.25, 0.3) is 0 Å². The molecular weight excluding hydrogens is 270 g/mol. The van der Waals surface area contributed by atoms with Gasteiger partial charge in [-0.3, -0.25) is 0 Å². The SMILES string of the molecule is CNc1ncc(Br)c(NCCCN(C)C)n1. The molecule has 0 bridgehead atoms. The second-order valence-corrected chi connectivity index (χ2v) is 4.58. The summed E-state index contributed by atoms with van der Waals surface area (Å²) in [6.07, 6.45) is 2.82. The number of aromatic nitrogens is 2. The Kier molecular flexibility index (Phi) is 5.48. The Hall–Kier alpha value is -0.880. The third-order valence-corrected chi connectivity index (χ3v) is 2.62. The molecule has 0 aliphatic rings. The third-order valence-electron chi connectivity index (χ3n) is 2.04. The van der Waals surface area contributed by atoms with Crippen molar-refractivity contribution in [2.45, 2.75) is 6.42 Å². The number of anilines is 2. The Morgan fingerprint density at radius 1 is 1.44 bits per heavy atom. The van der Waals surface area contributed by atoms with Gasteiger partial charge >= 0.3 is 0 Å². The van der Waals surface area contributed by atoms with Gasteiger partial charge in [0.1, 0.15) is 5.82 Å². The summed E-state index contributed by atoms with van der Waals surface area (Å²) in [5.41, 5.74) is 0. The fraction of sp³-hybridized carbons (Fsp3) is 0.600. The van der Waals surface area contributed by atoms with Gasteiger partial charge in [0.15, 0.2) is 0 Å². The predicted molar refractivity (Wildman–Crippen MR) is 70.9 cm³/mol. The van der Waals surface area contributed by atoms with Gasteiger partial charge in [0.05, 0.1) is 4.47 Å². The lowest BCUT2D eigenvalue weighted by Crippen LogP contribution is -2.17. The summed E-state index contributed by atoms with van der Waals surface area (Å²) in [4.78, 5) is 10.6. The molecule has 0 spiro atoms. The van der Waals surface area contributed by atoms with Crippen LogP contribution in [0.3, 0.4) is 0 Å². The second kappa shape index (κ2) is 6.65. The molecule has 1 aromatic rings. The molecule has 0 aliphatic heterocycles. The van der Waals surface area contributed by atoms with Crippen molar-refractivity contribution in [3.8, 4) is 0 Å². The van der Waals surface area contributed by atoms with Gasteiger partial charge in [-0.1, -0.05) is 0 Å². The molecular formula is C10H18BrN5. The molecule has 0 fully saturated rings. The molecule has 5 nitrogen and oxygen atoms in total. The molecule has 90 valence electrons. The lowest BCUT2D eigenvalue weighted by molar-refractivity contribution is 0.405. The van der Waals surface area contributed by atoms with E-state index in [9.17, 15) is 0 Å². The van der Waals surface area contributed by atoms with Crippen LogP contribution < -0.4 is 10.6 Å². The highest BCUT2D eigenvalue weighted by molar-refractivity contribution is 9.10. The average molecular weight is 288 g/mol. The quantitative estimate of drug-likeness (QED) is 0.779. The summed E-state index contributed by atoms with van der Waals surface area (Å²) in [6.45, 7) is 1.96. The Labute approximate surface area is 105 Å². The lowest BCUT2D eigenvalue weighted by Gasteiger charge is -2.11. The van der Waals surface area contributed by atoms with Crippen molar-refractivity contribution in [2.24, 2.45) is 0 Å². The minimum absolute atomic E-state index is 0.623. The first-order chi connectivity index (χ1) is 7.63. The molecule has 6 heteroatoms. The van der Waals surface area contributed by atoms with Gasteiger partial charge in [0, 0.05) is 19.8 Å². The van der Waals surface area contributed by atoms with Crippen LogP contribution in [0.1, 0.15) is 6.42 Å². The van der Waals surface area contributed by atoms with Crippen molar-refractivity contribution in [1.82, 2.24) is 14.9 Å². The standard InChI is InChI=1S/C10H18BrN5/c1-12-10-14-7-8(11)9(15-10)13-5-4-6-16(2)3/h7H,4-6H2,1-3H3,(H2,12,13,14,15). The number of rotatable bonds is 6. The summed E-state index contributed by atoms with van der Waals surface area (Å²) < 4.78 is 0.886. The van der Waals surface area contributed by atoms with Crippen LogP contribution in [0.15, 0.2) is 10.7 Å². The molecule has 0 radical (unpaired) electrons. The Morgan fingerprint density at radius 2 is 2.19 bits per heavy atom. The molecule has 2 N–H and O–H groups in total. The van der Waals surface area contributed by atoms with Crippen molar-refractivity contribution in [1.29, 1.82) is 0 Å². The van der Waals surface area contributed by atoms with Crippen molar-refractivity contribution in [3.63, 3.8) is 0 Å². The van der Waals surface area contributed by atoms with Gasteiger partial charge in [-0.2, -0.15) is 4.98 Å². The van der Waals surface area contributed by atoms with Gasteiger partial charge in [-0.15, -0.1) is 0 Å². The van der Waals surface area contributed by atoms with Crippen LogP contribution in [-0.2, 0) is 0 Å². The summed E-state index contributed by atoms with van der Waals surface area (Å²) in [5, 5.41) is 6.19. The van der Waals surface area contributed by atoms with E-state index in [1.165, 1.54) is 0 Å². The molecule has 0 aromatic carbocycles. The third kappa shape index (κ3) is 4.32. The van der Waals surface area contributed by atoms with Crippen LogP contribution in [0.5, 0.6) is 0 Å². The van der Waals surface area contributed by atoms with Gasteiger partial charge in [0.25, 0.3) is 0 Å². The van der Waals surface area contributed by atoms with Crippen molar-refractivity contribution < 1.29 is 0 Å². The van der Waals surface area contributed by atoms with Gasteiger partial charge < -0.3 is 15.5 Å². The van der Waals surface area contributed by atoms with Crippen molar-refractivity contribution >= 4 is 27.7 Å². The Bertz CT molecular complexity index is 329. The number of hydrogen-bond donors (Lipinski definition) is 2. The highest BCUT2D eigenvalue weighted by Gasteiger charge is 2.03. The zero-order valence-electron chi connectivity index (χ0n) is 9.92. The summed E-state index contributed by atoms with van der Waals surface area (Å²) >= 11 is 3.41. The molecule has 0 aliphatic carbocycles. The first-order valence-electron chi connectivity index (χ1n) is 5.22. The molecule has 1 rings (SSSR count). The zero-order chi connectivity index (χ0) is 12.0. The minimum atomic E-state index is 0.623. The van der Waals surface area contributed by atoms with Crippen molar-refractivity contribution in [2.75, 3.05) is 44.9 Å². The van der Waals surface area contributed by atoms with E-state index in [0.29, 0.717) is 5.95 Å². The van der Waals surface area contributed by atoms with Crippen LogP contribution in [0.4, 0.5) is 11.8 Å². The average Bonchev–Trinajstić information content (AvgIpc) is 2.26. The molecule has 0 unspecified atom stereocenters. The smallest absolute Gasteiger partial charge is 0.224 e. The minimum Gasteiger partial charge on any atom is -0.369 e. The second-order valence-electron chi connectivity index (χ2n) is 3.72. The Morgan fingerprint density at radius 3 is 2.81 bits per heavy atom. The van der Waals surface area contributed by atoms with Crippen LogP contribution >= 0.6 is 15.9 Å². The molecule has 0 saturated carbocycles. The molecule has 0 amide bonds. The molecule has 0 saturated heterocycles. The fourth-order valence-corrected chi connectivity index (χ4v) is 1.54. The van der Waals surface area contributed by atoms with Crippen molar-refractivity contribution in [3.05, 3.63) is 10.7 Å². The van der Waals surface area contributed by atoms with Crippen LogP contribution in [-0.4, -0.2) is 49.1 Å². The molecule has 1 aromatic heterocycles. The monoisotopic (exact) mass is 287 g/mol. The highest BCUT2D eigenvalue weighted by Crippen LogP contribution is 2.19. The summed E-state index contributed by atoms with van der Waals surface area (Å²) in [7, 11) is 5.94. The molecule has 1 heterocycles. The fourth-order valence-electron chi connectivity index (χ4n) is 1.21. The van der Waals surface area contributed by atoms with E-state index < -0.39 is 0 Å². The summed E-state index contributed by atoms with van der Waals surface area (Å²) in [6, 6.07) is 0. The van der Waals surface area contributed by atoms with E-state index >= 15 is 0 Å². The Balaban J connectivity index is 2.46. The summed E-state index contributed by atoms with van der Waals surface area (Å²) in [5.74, 6) is 1.46. The number of nitrogens with zero attached hydrogens (tertiary/aromatic N) is 3. The topological polar surface area (TPSA) is 53.1 Å². The molecule has 0 atom stereocenters. The van der Waals surface area contributed by atoms with Crippen LogP contribution in [0, 0.1) is 0 Å². The van der Waals surface area contributed by atoms with E-state index in [2.05, 4.69) is 55.5 Å². The lowest BCUT2D eigenvalue weighted by atomic mass is 10.4. The van der Waals surface area contributed by atoms with E-state index in [4.69, 9.17) is 0 Å². The van der Waals surface area contributed by atoms with E-state index in [-0.39, 0.29) is 0 Å². The first kappa shape index (κ1) is 13.2. The van der Waals surface area contributed by atoms with E-state index in [0.717, 1.165) is 29.8 Å². The number of halogens is 1. The van der Waals surface area contributed by atoms with Gasteiger partial charge in [-0.25, -0.2) is 4.98 Å². The van der Waals surface area contributed by atoms with Crippen LogP contribution in [0.2, 0.25) is 0 Å². The maximum Gasteiger partial charge on any atom is 0.224 e. The van der Waals surface area contributed by atoms with E-state index in [1.807, 2.05) is 0 Å².